The van der Waals surface area contributed by atoms with E-state index < -0.39 is 0 Å². The van der Waals surface area contributed by atoms with Gasteiger partial charge in [0.25, 0.3) is 0 Å². The summed E-state index contributed by atoms with van der Waals surface area (Å²) in [5, 5.41) is 7.57. The first-order valence-corrected chi connectivity index (χ1v) is 8.21. The lowest BCUT2D eigenvalue weighted by molar-refractivity contribution is 1.68. The van der Waals surface area contributed by atoms with Gasteiger partial charge >= 0.3 is 0 Å². The maximum atomic E-state index is 3.43. The molecule has 5 rings (SSSR count). The molecule has 0 aliphatic carbocycles. The van der Waals surface area contributed by atoms with Crippen molar-refractivity contribution in [3.8, 4) is 11.1 Å². The number of hydrogen-bond donors (Lipinski definition) is 0. The molecular weight excluding hydrogens is 288 g/mol. The Labute approximate surface area is 141 Å². The molecule has 0 nitrogen and oxygen atoms in total. The fourth-order valence-corrected chi connectivity index (χ4v) is 3.57. The lowest BCUT2D eigenvalue weighted by Gasteiger charge is -2.11. The van der Waals surface area contributed by atoms with Gasteiger partial charge < -0.3 is 0 Å². The topological polar surface area (TPSA) is 0 Å². The molecule has 5 aromatic rings. The third kappa shape index (κ3) is 2.00. The van der Waals surface area contributed by atoms with Crippen molar-refractivity contribution >= 4 is 32.3 Å². The number of rotatable bonds is 1. The van der Waals surface area contributed by atoms with Crippen molar-refractivity contribution in [2.45, 2.75) is 0 Å². The molecule has 0 fully saturated rings. The second kappa shape index (κ2) is 5.21. The lowest BCUT2D eigenvalue weighted by Crippen LogP contribution is -1.84. The summed E-state index contributed by atoms with van der Waals surface area (Å²) < 4.78 is 0. The van der Waals surface area contributed by atoms with Crippen LogP contribution in [-0.4, -0.2) is 0 Å². The molecule has 0 heteroatoms. The van der Waals surface area contributed by atoms with Gasteiger partial charge in [-0.15, -0.1) is 0 Å². The van der Waals surface area contributed by atoms with E-state index in [1.165, 1.54) is 38.1 Å². The largest absolute Gasteiger partial charge is 0.0616 e. The van der Waals surface area contributed by atoms with Crippen LogP contribution in [0.2, 0.25) is 0 Å². The predicted octanol–water partition coefficient (Wildman–Crippen LogP) is 6.61. The molecule has 24 heavy (non-hydrogen) atoms. The van der Waals surface area contributed by atoms with Gasteiger partial charge in [0, 0.05) is 0 Å². The summed E-state index contributed by atoms with van der Waals surface area (Å²) in [6, 6.07) is 35.8. The minimum absolute atomic E-state index is 1.16. The van der Waals surface area contributed by atoms with Crippen LogP contribution < -0.4 is 0 Å². The van der Waals surface area contributed by atoms with Crippen LogP contribution in [0.3, 0.4) is 0 Å². The van der Waals surface area contributed by atoms with E-state index in [2.05, 4.69) is 97.1 Å². The number of benzene rings is 5. The summed E-state index contributed by atoms with van der Waals surface area (Å²) >= 11 is 0. The molecule has 0 spiro atoms. The molecule has 0 saturated carbocycles. The number of fused-ring (bicyclic) bond motifs is 4. The van der Waals surface area contributed by atoms with Crippen LogP contribution >= 0.6 is 0 Å². The molecule has 0 aliphatic rings. The fourth-order valence-electron chi connectivity index (χ4n) is 3.57. The summed E-state index contributed by atoms with van der Waals surface area (Å²) in [5.41, 5.74) is 2.49. The van der Waals surface area contributed by atoms with Gasteiger partial charge in [-0.1, -0.05) is 78.9 Å². The molecule has 0 aliphatic heterocycles. The van der Waals surface area contributed by atoms with Crippen molar-refractivity contribution in [1.82, 2.24) is 0 Å². The van der Waals surface area contributed by atoms with Gasteiger partial charge in [0.15, 0.2) is 0 Å². The second-order valence-electron chi connectivity index (χ2n) is 6.17. The van der Waals surface area contributed by atoms with Crippen LogP contribution in [-0.2, 0) is 0 Å². The van der Waals surface area contributed by atoms with Crippen LogP contribution in [0.1, 0.15) is 0 Å². The Morgan fingerprint density at radius 1 is 0.583 bits per heavy atom. The Kier molecular flexibility index (Phi) is 2.89. The highest BCUT2D eigenvalue weighted by Crippen LogP contribution is 2.35. The monoisotopic (exact) mass is 303 g/mol. The van der Waals surface area contributed by atoms with Gasteiger partial charge in [0.1, 0.15) is 0 Å². The molecule has 0 unspecified atom stereocenters. The molecule has 0 heterocycles. The summed E-state index contributed by atoms with van der Waals surface area (Å²) in [6.07, 6.45) is 0. The first-order valence-electron chi connectivity index (χ1n) is 8.21. The quantitative estimate of drug-likeness (QED) is 0.305. The average molecular weight is 303 g/mol. The van der Waals surface area contributed by atoms with Crippen LogP contribution in [0, 0.1) is 6.07 Å². The molecule has 0 bridgehead atoms. The van der Waals surface area contributed by atoms with E-state index in [-0.39, 0.29) is 0 Å². The Balaban J connectivity index is 1.89. The molecule has 0 amide bonds. The Morgan fingerprint density at radius 3 is 2.29 bits per heavy atom. The van der Waals surface area contributed by atoms with Gasteiger partial charge in [-0.2, -0.15) is 0 Å². The molecule has 5 aromatic carbocycles. The highest BCUT2D eigenvalue weighted by molar-refractivity contribution is 6.14. The van der Waals surface area contributed by atoms with E-state index in [9.17, 15) is 0 Å². The van der Waals surface area contributed by atoms with Crippen LogP contribution in [0.4, 0.5) is 0 Å². The van der Waals surface area contributed by atoms with E-state index in [1.54, 1.807) is 0 Å². The lowest BCUT2D eigenvalue weighted by atomic mass is 9.93. The standard InChI is InChI=1S/C24H15/c1-2-8-20-16-21(15-12-17(20)6-1)23-11-5-9-19-14-13-18-7-3-4-10-22(18)24(19)23/h1-11,13-16H. The number of hydrogen-bond acceptors (Lipinski definition) is 0. The zero-order valence-electron chi connectivity index (χ0n) is 13.2. The van der Waals surface area contributed by atoms with Gasteiger partial charge in [0.05, 0.1) is 0 Å². The highest BCUT2D eigenvalue weighted by Gasteiger charge is 2.08. The van der Waals surface area contributed by atoms with Crippen LogP contribution in [0.25, 0.3) is 43.4 Å². The smallest absolute Gasteiger partial charge is 0.00268 e. The van der Waals surface area contributed by atoms with Crippen LogP contribution in [0.5, 0.6) is 0 Å². The van der Waals surface area contributed by atoms with Gasteiger partial charge in [-0.25, -0.2) is 0 Å². The van der Waals surface area contributed by atoms with E-state index >= 15 is 0 Å². The third-order valence-corrected chi connectivity index (χ3v) is 4.74. The van der Waals surface area contributed by atoms with Crippen molar-refractivity contribution in [3.05, 3.63) is 97.1 Å². The first kappa shape index (κ1) is 13.3. The normalized spacial score (nSPS) is 11.3. The second-order valence-corrected chi connectivity index (χ2v) is 6.17. The van der Waals surface area contributed by atoms with Crippen molar-refractivity contribution < 1.29 is 0 Å². The molecule has 111 valence electrons. The van der Waals surface area contributed by atoms with Crippen molar-refractivity contribution in [1.29, 1.82) is 0 Å². The summed E-state index contributed by atoms with van der Waals surface area (Å²) in [6.45, 7) is 0. The molecule has 0 saturated heterocycles. The maximum Gasteiger partial charge on any atom is -0.00268 e. The van der Waals surface area contributed by atoms with Crippen LogP contribution in [0.15, 0.2) is 91.0 Å². The molecule has 1 radical (unpaired) electrons. The maximum absolute atomic E-state index is 3.43. The van der Waals surface area contributed by atoms with E-state index in [0.717, 1.165) is 5.39 Å². The van der Waals surface area contributed by atoms with Gasteiger partial charge in [-0.05, 0) is 61.6 Å². The van der Waals surface area contributed by atoms with Crippen molar-refractivity contribution in [2.75, 3.05) is 0 Å². The Morgan fingerprint density at radius 2 is 1.33 bits per heavy atom. The van der Waals surface area contributed by atoms with Gasteiger partial charge in [0.2, 0.25) is 0 Å². The zero-order chi connectivity index (χ0) is 15.9. The first-order chi connectivity index (χ1) is 11.9. The van der Waals surface area contributed by atoms with Crippen molar-refractivity contribution in [2.24, 2.45) is 0 Å². The fraction of sp³-hybridized carbons (Fsp3) is 0. The minimum atomic E-state index is 1.16. The molecular formula is C24H15. The van der Waals surface area contributed by atoms with Gasteiger partial charge in [-0.3, -0.25) is 0 Å². The minimum Gasteiger partial charge on any atom is -0.0616 e. The molecule has 0 aromatic heterocycles. The molecule has 0 N–H and O–H groups in total. The predicted molar refractivity (Wildman–Crippen MR) is 103 cm³/mol. The van der Waals surface area contributed by atoms with E-state index in [0.29, 0.717) is 0 Å². The molecule has 0 atom stereocenters. The SMILES string of the molecule is [c]1cc(-c2cccc3ccc4ccccc4c23)cc2ccccc12. The summed E-state index contributed by atoms with van der Waals surface area (Å²) in [4.78, 5) is 0. The highest BCUT2D eigenvalue weighted by atomic mass is 14.1. The summed E-state index contributed by atoms with van der Waals surface area (Å²) in [7, 11) is 0. The third-order valence-electron chi connectivity index (χ3n) is 4.74. The van der Waals surface area contributed by atoms with Crippen molar-refractivity contribution in [3.63, 3.8) is 0 Å². The van der Waals surface area contributed by atoms with E-state index in [1.807, 2.05) is 0 Å². The Bertz CT molecular complexity index is 1200. The average Bonchev–Trinajstić information content (AvgIpc) is 2.67. The zero-order valence-corrected chi connectivity index (χ0v) is 13.2. The summed E-state index contributed by atoms with van der Waals surface area (Å²) in [5.74, 6) is 0. The Hall–Kier alpha value is -3.12. The van der Waals surface area contributed by atoms with E-state index in [4.69, 9.17) is 0 Å².